The van der Waals surface area contributed by atoms with Crippen molar-refractivity contribution in [1.82, 2.24) is 5.32 Å². The van der Waals surface area contributed by atoms with E-state index in [1.165, 1.54) is 14.2 Å². The summed E-state index contributed by atoms with van der Waals surface area (Å²) in [5.41, 5.74) is 1.31. The first-order valence-electron chi connectivity index (χ1n) is 4.34. The smallest absolute Gasteiger partial charge is 0.0731 e. The number of hydrogen-bond acceptors (Lipinski definition) is 3. The van der Waals surface area contributed by atoms with Gasteiger partial charge in [0.25, 0.3) is 0 Å². The van der Waals surface area contributed by atoms with Crippen molar-refractivity contribution < 1.29 is 4.74 Å². The Bertz CT molecular complexity index is 274. The van der Waals surface area contributed by atoms with E-state index in [0.29, 0.717) is 6.04 Å². The maximum atomic E-state index is 5.41. The van der Waals surface area contributed by atoms with Gasteiger partial charge in [-0.1, -0.05) is 0 Å². The molecule has 1 aliphatic rings. The fraction of sp³-hybridized carbons (Fsp3) is 0.556. The van der Waals surface area contributed by atoms with Crippen LogP contribution in [0.1, 0.15) is 16.5 Å². The normalized spacial score (nSPS) is 23.4. The van der Waals surface area contributed by atoms with Crippen LogP contribution >= 0.6 is 27.3 Å². The molecule has 0 aromatic carbocycles. The van der Waals surface area contributed by atoms with Crippen molar-refractivity contribution in [3.63, 3.8) is 0 Å². The Morgan fingerprint density at radius 2 is 2.54 bits per heavy atom. The summed E-state index contributed by atoms with van der Waals surface area (Å²) in [5.74, 6) is 0. The molecule has 0 aliphatic carbocycles. The Hall–Kier alpha value is 0.100. The van der Waals surface area contributed by atoms with Gasteiger partial charge in [-0.25, -0.2) is 0 Å². The molecule has 72 valence electrons. The Kier molecular flexibility index (Phi) is 3.03. The van der Waals surface area contributed by atoms with Gasteiger partial charge in [-0.3, -0.25) is 0 Å². The van der Waals surface area contributed by atoms with Gasteiger partial charge in [-0.15, -0.1) is 11.3 Å². The second kappa shape index (κ2) is 4.09. The van der Waals surface area contributed by atoms with Gasteiger partial charge in [0, 0.05) is 11.4 Å². The number of aryl methyl sites for hydroxylation is 1. The van der Waals surface area contributed by atoms with E-state index >= 15 is 0 Å². The molecular weight excluding hydrogens is 250 g/mol. The van der Waals surface area contributed by atoms with E-state index in [-0.39, 0.29) is 0 Å². The van der Waals surface area contributed by atoms with Gasteiger partial charge in [0.2, 0.25) is 0 Å². The van der Waals surface area contributed by atoms with Crippen LogP contribution in [-0.2, 0) is 4.74 Å². The van der Waals surface area contributed by atoms with E-state index in [1.54, 1.807) is 11.3 Å². The van der Waals surface area contributed by atoms with Crippen molar-refractivity contribution in [2.45, 2.75) is 13.0 Å². The minimum absolute atomic E-state index is 0.392. The lowest BCUT2D eigenvalue weighted by atomic mass is 10.2. The molecule has 1 aliphatic heterocycles. The molecule has 2 heterocycles. The predicted molar refractivity (Wildman–Crippen MR) is 58.3 cm³/mol. The number of thiophene rings is 1. The second-order valence-corrected chi connectivity index (χ2v) is 5.59. The summed E-state index contributed by atoms with van der Waals surface area (Å²) in [6.45, 7) is 4.71. The lowest BCUT2D eigenvalue weighted by Crippen LogP contribution is -2.33. The van der Waals surface area contributed by atoms with Crippen LogP contribution in [0.4, 0.5) is 0 Å². The van der Waals surface area contributed by atoms with Gasteiger partial charge < -0.3 is 10.1 Å². The van der Waals surface area contributed by atoms with E-state index in [1.807, 2.05) is 0 Å². The fourth-order valence-electron chi connectivity index (χ4n) is 1.40. The van der Waals surface area contributed by atoms with Crippen LogP contribution in [0.15, 0.2) is 9.85 Å². The zero-order chi connectivity index (χ0) is 9.26. The topological polar surface area (TPSA) is 21.3 Å². The molecule has 2 rings (SSSR count). The van der Waals surface area contributed by atoms with Crippen LogP contribution in [0.2, 0.25) is 0 Å². The summed E-state index contributed by atoms with van der Waals surface area (Å²) in [6.07, 6.45) is 0. The molecule has 1 saturated heterocycles. The Morgan fingerprint density at radius 3 is 3.08 bits per heavy atom. The van der Waals surface area contributed by atoms with Crippen LogP contribution in [0, 0.1) is 6.92 Å². The first-order chi connectivity index (χ1) is 6.27. The molecule has 1 aromatic rings. The van der Waals surface area contributed by atoms with E-state index in [4.69, 9.17) is 4.74 Å². The number of ether oxygens (including phenoxy) is 1. The van der Waals surface area contributed by atoms with Crippen LogP contribution in [0.25, 0.3) is 0 Å². The SMILES string of the molecule is Cc1cc([C@@H]2COCCN2)sc1Br. The van der Waals surface area contributed by atoms with Gasteiger partial charge in [0.1, 0.15) is 0 Å². The Morgan fingerprint density at radius 1 is 1.69 bits per heavy atom. The monoisotopic (exact) mass is 261 g/mol. The number of hydrogen-bond donors (Lipinski definition) is 1. The van der Waals surface area contributed by atoms with E-state index < -0.39 is 0 Å². The summed E-state index contributed by atoms with van der Waals surface area (Å²) >= 11 is 5.33. The third kappa shape index (κ3) is 2.13. The van der Waals surface area contributed by atoms with Crippen LogP contribution in [-0.4, -0.2) is 19.8 Å². The molecule has 0 bridgehead atoms. The lowest BCUT2D eigenvalue weighted by molar-refractivity contribution is 0.0779. The number of morpholine rings is 1. The Labute approximate surface area is 90.4 Å². The van der Waals surface area contributed by atoms with E-state index in [0.717, 1.165) is 19.8 Å². The molecule has 1 atom stereocenters. The van der Waals surface area contributed by atoms with Gasteiger partial charge in [-0.05, 0) is 34.5 Å². The highest BCUT2D eigenvalue weighted by molar-refractivity contribution is 9.11. The van der Waals surface area contributed by atoms with Gasteiger partial charge in [0.15, 0.2) is 0 Å². The molecular formula is C9H12BrNOS. The zero-order valence-corrected chi connectivity index (χ0v) is 9.87. The summed E-state index contributed by atoms with van der Waals surface area (Å²) in [5, 5.41) is 3.44. The molecule has 1 N–H and O–H groups in total. The molecule has 0 amide bonds. The molecule has 0 unspecified atom stereocenters. The molecule has 0 spiro atoms. The van der Waals surface area contributed by atoms with Gasteiger partial charge in [0.05, 0.1) is 23.0 Å². The average molecular weight is 262 g/mol. The van der Waals surface area contributed by atoms with Crippen molar-refractivity contribution in [1.29, 1.82) is 0 Å². The van der Waals surface area contributed by atoms with Gasteiger partial charge >= 0.3 is 0 Å². The van der Waals surface area contributed by atoms with Crippen LogP contribution in [0.5, 0.6) is 0 Å². The maximum absolute atomic E-state index is 5.41. The summed E-state index contributed by atoms with van der Waals surface area (Å²) in [6, 6.07) is 2.62. The third-order valence-corrected chi connectivity index (χ3v) is 4.39. The number of rotatable bonds is 1. The van der Waals surface area contributed by atoms with Crippen LogP contribution in [0.3, 0.4) is 0 Å². The molecule has 1 fully saturated rings. The number of halogens is 1. The maximum Gasteiger partial charge on any atom is 0.0731 e. The number of nitrogens with one attached hydrogen (secondary N) is 1. The van der Waals surface area contributed by atoms with Crippen molar-refractivity contribution in [3.05, 3.63) is 20.3 Å². The van der Waals surface area contributed by atoms with E-state index in [9.17, 15) is 0 Å². The molecule has 2 nitrogen and oxygen atoms in total. The first kappa shape index (κ1) is 9.65. The summed E-state index contributed by atoms with van der Waals surface area (Å²) in [4.78, 5) is 1.36. The molecule has 4 heteroatoms. The van der Waals surface area contributed by atoms with Crippen molar-refractivity contribution >= 4 is 27.3 Å². The van der Waals surface area contributed by atoms with Crippen molar-refractivity contribution in [2.24, 2.45) is 0 Å². The second-order valence-electron chi connectivity index (χ2n) is 3.19. The lowest BCUT2D eigenvalue weighted by Gasteiger charge is -2.22. The summed E-state index contributed by atoms with van der Waals surface area (Å²) < 4.78 is 6.65. The fourth-order valence-corrected chi connectivity index (χ4v) is 3.03. The van der Waals surface area contributed by atoms with E-state index in [2.05, 4.69) is 34.2 Å². The molecule has 1 aromatic heterocycles. The molecule has 13 heavy (non-hydrogen) atoms. The first-order valence-corrected chi connectivity index (χ1v) is 5.95. The van der Waals surface area contributed by atoms with Gasteiger partial charge in [-0.2, -0.15) is 0 Å². The highest BCUT2D eigenvalue weighted by atomic mass is 79.9. The Balaban J connectivity index is 2.14. The highest BCUT2D eigenvalue weighted by Gasteiger charge is 2.17. The third-order valence-electron chi connectivity index (χ3n) is 2.14. The average Bonchev–Trinajstić information content (AvgIpc) is 2.49. The van der Waals surface area contributed by atoms with Crippen LogP contribution < -0.4 is 5.32 Å². The summed E-state index contributed by atoms with van der Waals surface area (Å²) in [7, 11) is 0. The minimum atomic E-state index is 0.392. The predicted octanol–water partition coefficient (Wildman–Crippen LogP) is 2.48. The standard InChI is InChI=1S/C9H12BrNOS/c1-6-4-8(13-9(6)10)7-5-12-3-2-11-7/h4,7,11H,2-3,5H2,1H3/t7-/m0/s1. The largest absolute Gasteiger partial charge is 0.378 e. The quantitative estimate of drug-likeness (QED) is 0.839. The zero-order valence-electron chi connectivity index (χ0n) is 7.47. The van der Waals surface area contributed by atoms with Crippen molar-refractivity contribution in [2.75, 3.05) is 19.8 Å². The minimum Gasteiger partial charge on any atom is -0.378 e. The molecule has 0 saturated carbocycles. The highest BCUT2D eigenvalue weighted by Crippen LogP contribution is 2.31. The van der Waals surface area contributed by atoms with Crippen molar-refractivity contribution in [3.8, 4) is 0 Å². The molecule has 0 radical (unpaired) electrons.